The quantitative estimate of drug-likeness (QED) is 0.904. The van der Waals surface area contributed by atoms with Crippen molar-refractivity contribution in [1.82, 2.24) is 9.97 Å². The zero-order valence-corrected chi connectivity index (χ0v) is 11.0. The van der Waals surface area contributed by atoms with Crippen molar-refractivity contribution in [2.24, 2.45) is 5.41 Å². The van der Waals surface area contributed by atoms with E-state index in [0.717, 1.165) is 12.2 Å². The van der Waals surface area contributed by atoms with Crippen LogP contribution in [0, 0.1) is 16.7 Å². The molecule has 1 saturated carbocycles. The van der Waals surface area contributed by atoms with Gasteiger partial charge in [0.25, 0.3) is 0 Å². The van der Waals surface area contributed by atoms with Crippen molar-refractivity contribution in [2.45, 2.75) is 25.3 Å². The number of nitriles is 1. The van der Waals surface area contributed by atoms with Gasteiger partial charge in [0.1, 0.15) is 23.9 Å². The molecule has 4 heteroatoms. The average molecular weight is 262 g/mol. The first kappa shape index (κ1) is 11.4. The largest absolute Gasteiger partial charge is 0.363 e. The molecule has 1 atom stereocenters. The normalized spacial score (nSPS) is 21.2. The number of rotatable bonds is 2. The maximum atomic E-state index is 8.93. The lowest BCUT2D eigenvalue weighted by atomic mass is 9.97. The summed E-state index contributed by atoms with van der Waals surface area (Å²) in [6.07, 6.45) is 5.11. The van der Waals surface area contributed by atoms with Gasteiger partial charge in [-0.05, 0) is 35.8 Å². The Labute approximate surface area is 117 Å². The van der Waals surface area contributed by atoms with Gasteiger partial charge in [-0.2, -0.15) is 5.26 Å². The standard InChI is InChI=1S/C16H14N4/c17-9-12-7-14(19-10-18-12)20-15-13-4-2-1-3-11(13)8-16(15)5-6-16/h1-4,7,10,15H,5-6,8H2,(H,18,19,20). The Morgan fingerprint density at radius 1 is 1.25 bits per heavy atom. The highest BCUT2D eigenvalue weighted by Gasteiger charge is 2.54. The van der Waals surface area contributed by atoms with Gasteiger partial charge in [-0.15, -0.1) is 0 Å². The lowest BCUT2D eigenvalue weighted by molar-refractivity contribution is 0.471. The van der Waals surface area contributed by atoms with Gasteiger partial charge in [0, 0.05) is 6.07 Å². The maximum Gasteiger partial charge on any atom is 0.145 e. The molecule has 1 spiro atoms. The van der Waals surface area contributed by atoms with Crippen molar-refractivity contribution in [1.29, 1.82) is 5.26 Å². The summed E-state index contributed by atoms with van der Waals surface area (Å²) in [7, 11) is 0. The van der Waals surface area contributed by atoms with Crippen LogP contribution in [0.3, 0.4) is 0 Å². The number of anilines is 1. The van der Waals surface area contributed by atoms with Crippen LogP contribution < -0.4 is 5.32 Å². The molecule has 1 unspecified atom stereocenters. The van der Waals surface area contributed by atoms with Crippen LogP contribution in [-0.2, 0) is 6.42 Å². The van der Waals surface area contributed by atoms with E-state index in [1.165, 1.54) is 30.3 Å². The molecule has 20 heavy (non-hydrogen) atoms. The molecule has 2 aromatic rings. The van der Waals surface area contributed by atoms with Crippen LogP contribution in [0.1, 0.15) is 35.7 Å². The Hall–Kier alpha value is -2.41. The molecule has 0 bridgehead atoms. The maximum absolute atomic E-state index is 8.93. The minimum absolute atomic E-state index is 0.306. The minimum atomic E-state index is 0.306. The Morgan fingerprint density at radius 2 is 2.10 bits per heavy atom. The van der Waals surface area contributed by atoms with Gasteiger partial charge in [-0.1, -0.05) is 24.3 Å². The Bertz CT molecular complexity index is 712. The van der Waals surface area contributed by atoms with Crippen molar-refractivity contribution in [3.8, 4) is 6.07 Å². The van der Waals surface area contributed by atoms with Crippen LogP contribution in [0.5, 0.6) is 0 Å². The molecule has 0 aliphatic heterocycles. The number of hydrogen-bond donors (Lipinski definition) is 1. The molecule has 98 valence electrons. The van der Waals surface area contributed by atoms with E-state index in [0.29, 0.717) is 17.2 Å². The molecule has 0 radical (unpaired) electrons. The lowest BCUT2D eigenvalue weighted by Gasteiger charge is -2.21. The van der Waals surface area contributed by atoms with Crippen LogP contribution in [0.15, 0.2) is 36.7 Å². The zero-order valence-electron chi connectivity index (χ0n) is 11.0. The number of fused-ring (bicyclic) bond motifs is 1. The van der Waals surface area contributed by atoms with Gasteiger partial charge in [0.2, 0.25) is 0 Å². The fourth-order valence-corrected chi connectivity index (χ4v) is 3.29. The Morgan fingerprint density at radius 3 is 2.90 bits per heavy atom. The highest BCUT2D eigenvalue weighted by Crippen LogP contribution is 2.62. The predicted octanol–water partition coefficient (Wildman–Crippen LogP) is 2.84. The smallest absolute Gasteiger partial charge is 0.145 e. The summed E-state index contributed by atoms with van der Waals surface area (Å²) in [5.41, 5.74) is 3.58. The van der Waals surface area contributed by atoms with Crippen LogP contribution in [-0.4, -0.2) is 9.97 Å². The molecule has 4 nitrogen and oxygen atoms in total. The van der Waals surface area contributed by atoms with E-state index in [2.05, 4.69) is 45.6 Å². The van der Waals surface area contributed by atoms with E-state index in [1.807, 2.05) is 0 Å². The summed E-state index contributed by atoms with van der Waals surface area (Å²) in [6, 6.07) is 12.7. The summed E-state index contributed by atoms with van der Waals surface area (Å²) in [5, 5.41) is 12.4. The summed E-state index contributed by atoms with van der Waals surface area (Å²) in [4.78, 5) is 8.16. The van der Waals surface area contributed by atoms with Gasteiger partial charge >= 0.3 is 0 Å². The monoisotopic (exact) mass is 262 g/mol. The van der Waals surface area contributed by atoms with Crippen LogP contribution >= 0.6 is 0 Å². The van der Waals surface area contributed by atoms with Gasteiger partial charge in [-0.25, -0.2) is 9.97 Å². The number of aromatic nitrogens is 2. The highest BCUT2D eigenvalue weighted by molar-refractivity contribution is 5.49. The Balaban J connectivity index is 1.69. The third-order valence-corrected chi connectivity index (χ3v) is 4.49. The number of nitrogens with zero attached hydrogens (tertiary/aromatic N) is 3. The number of benzene rings is 1. The average Bonchev–Trinajstić information content (AvgIpc) is 3.19. The van der Waals surface area contributed by atoms with Crippen LogP contribution in [0.25, 0.3) is 0 Å². The summed E-state index contributed by atoms with van der Waals surface area (Å²) >= 11 is 0. The molecular formula is C16H14N4. The van der Waals surface area contributed by atoms with Crippen LogP contribution in [0.2, 0.25) is 0 Å². The summed E-state index contributed by atoms with van der Waals surface area (Å²) in [6.45, 7) is 0. The van der Waals surface area contributed by atoms with Gasteiger partial charge in [-0.3, -0.25) is 0 Å². The first-order valence-corrected chi connectivity index (χ1v) is 6.87. The second-order valence-electron chi connectivity index (χ2n) is 5.72. The molecule has 4 rings (SSSR count). The number of hydrogen-bond acceptors (Lipinski definition) is 4. The lowest BCUT2D eigenvalue weighted by Crippen LogP contribution is -2.18. The second-order valence-corrected chi connectivity index (χ2v) is 5.72. The molecule has 1 heterocycles. The minimum Gasteiger partial charge on any atom is -0.363 e. The zero-order chi connectivity index (χ0) is 13.6. The summed E-state index contributed by atoms with van der Waals surface area (Å²) < 4.78 is 0. The number of nitrogens with one attached hydrogen (secondary N) is 1. The SMILES string of the molecule is N#Cc1cc(NC2c3ccccc3CC23CC3)ncn1. The highest BCUT2D eigenvalue weighted by atomic mass is 15.1. The van der Waals surface area contributed by atoms with E-state index < -0.39 is 0 Å². The molecule has 1 aromatic heterocycles. The fourth-order valence-electron chi connectivity index (χ4n) is 3.29. The summed E-state index contributed by atoms with van der Waals surface area (Å²) in [5.74, 6) is 0.740. The second kappa shape index (κ2) is 4.04. The van der Waals surface area contributed by atoms with Crippen molar-refractivity contribution >= 4 is 5.82 Å². The predicted molar refractivity (Wildman–Crippen MR) is 74.9 cm³/mol. The van der Waals surface area contributed by atoms with E-state index in [9.17, 15) is 0 Å². The van der Waals surface area contributed by atoms with Gasteiger partial charge < -0.3 is 5.32 Å². The first-order valence-electron chi connectivity index (χ1n) is 6.87. The molecule has 1 N–H and O–H groups in total. The first-order chi connectivity index (χ1) is 9.81. The fraction of sp³-hybridized carbons (Fsp3) is 0.312. The molecular weight excluding hydrogens is 248 g/mol. The van der Waals surface area contributed by atoms with E-state index in [-0.39, 0.29) is 0 Å². The third kappa shape index (κ3) is 1.67. The van der Waals surface area contributed by atoms with Crippen molar-refractivity contribution < 1.29 is 0 Å². The van der Waals surface area contributed by atoms with E-state index in [4.69, 9.17) is 5.26 Å². The van der Waals surface area contributed by atoms with E-state index in [1.54, 1.807) is 6.07 Å². The van der Waals surface area contributed by atoms with Crippen LogP contribution in [0.4, 0.5) is 5.82 Å². The van der Waals surface area contributed by atoms with E-state index >= 15 is 0 Å². The van der Waals surface area contributed by atoms with Crippen molar-refractivity contribution in [2.75, 3.05) is 5.32 Å². The van der Waals surface area contributed by atoms with Crippen molar-refractivity contribution in [3.63, 3.8) is 0 Å². The van der Waals surface area contributed by atoms with Crippen molar-refractivity contribution in [3.05, 3.63) is 53.5 Å². The molecule has 1 aromatic carbocycles. The molecule has 2 aliphatic carbocycles. The molecule has 0 amide bonds. The molecule has 2 aliphatic rings. The van der Waals surface area contributed by atoms with Gasteiger partial charge in [0.05, 0.1) is 6.04 Å². The Kier molecular flexibility index (Phi) is 2.31. The van der Waals surface area contributed by atoms with Gasteiger partial charge in [0.15, 0.2) is 0 Å². The molecule has 1 fully saturated rings. The third-order valence-electron chi connectivity index (χ3n) is 4.49. The topological polar surface area (TPSA) is 61.6 Å². The molecule has 0 saturated heterocycles.